The second-order valence-electron chi connectivity index (χ2n) is 12.2. The Balaban J connectivity index is 1.84. The molecule has 0 aliphatic carbocycles. The number of likely N-dealkylation sites (tertiary alicyclic amines) is 1. The molecule has 3 rings (SSSR count). The number of benzene rings is 1. The van der Waals surface area contributed by atoms with E-state index in [1.165, 1.54) is 12.8 Å². The van der Waals surface area contributed by atoms with Gasteiger partial charge in [-0.25, -0.2) is 0 Å². The van der Waals surface area contributed by atoms with Gasteiger partial charge in [0.1, 0.15) is 24.4 Å². The Kier molecular flexibility index (Phi) is 12.4. The number of amides is 4. The quantitative estimate of drug-likeness (QED) is 0.392. The third-order valence-electron chi connectivity index (χ3n) is 7.70. The summed E-state index contributed by atoms with van der Waals surface area (Å²) in [6, 6.07) is 4.72. The van der Waals surface area contributed by atoms with Crippen molar-refractivity contribution in [1.82, 2.24) is 25.8 Å². The average Bonchev–Trinajstić information content (AvgIpc) is 3.44. The molecule has 0 aromatic heterocycles. The van der Waals surface area contributed by atoms with E-state index >= 15 is 0 Å². The first kappa shape index (κ1) is 32.4. The van der Waals surface area contributed by atoms with Crippen molar-refractivity contribution in [3.63, 3.8) is 0 Å². The fraction of sp³-hybridized carbons (Fsp3) is 0.677. The third kappa shape index (κ3) is 10.0. The number of likely N-dealkylation sites (N-methyl/N-ethyl adjacent to an activating group) is 1. The van der Waals surface area contributed by atoms with Crippen LogP contribution in [0.25, 0.3) is 0 Å². The smallest absolute Gasteiger partial charge is 0.255 e. The van der Waals surface area contributed by atoms with Gasteiger partial charge < -0.3 is 30.5 Å². The summed E-state index contributed by atoms with van der Waals surface area (Å²) in [5, 5.41) is 8.52. The van der Waals surface area contributed by atoms with Crippen LogP contribution >= 0.6 is 0 Å². The van der Waals surface area contributed by atoms with Gasteiger partial charge in [0.05, 0.1) is 18.0 Å². The van der Waals surface area contributed by atoms with E-state index in [0.717, 1.165) is 26.1 Å². The second-order valence-corrected chi connectivity index (χ2v) is 12.2. The minimum Gasteiger partial charge on any atom is -0.491 e. The zero-order chi connectivity index (χ0) is 29.9. The van der Waals surface area contributed by atoms with Gasteiger partial charge >= 0.3 is 0 Å². The number of para-hydroxylation sites is 1. The van der Waals surface area contributed by atoms with Crippen LogP contribution in [-0.2, 0) is 14.4 Å². The van der Waals surface area contributed by atoms with Crippen LogP contribution in [0.15, 0.2) is 24.3 Å². The van der Waals surface area contributed by atoms with Gasteiger partial charge in [-0.1, -0.05) is 39.8 Å². The van der Waals surface area contributed by atoms with Crippen molar-refractivity contribution < 1.29 is 23.9 Å². The summed E-state index contributed by atoms with van der Waals surface area (Å²) in [6.45, 7) is 11.8. The number of hydrogen-bond donors (Lipinski definition) is 3. The zero-order valence-electron chi connectivity index (χ0n) is 25.4. The van der Waals surface area contributed by atoms with E-state index in [1.54, 1.807) is 36.2 Å². The summed E-state index contributed by atoms with van der Waals surface area (Å²) >= 11 is 0. The standard InChI is InChI=1S/C31H49N5O5/c1-21(2)17-23-20-41-27-12-7-6-11-24(27)29(38)34-25(30(39)32-13-10-16-36-14-8-9-15-36)19-28(37)33-26(18-22(3)4)31(40)35(23)5/h6-7,11-12,21-23,25-26H,8-10,13-20H2,1-5H3,(H,32,39)(H,33,37)(H,34,38)/t23-,25-,26+/m0/s1. The van der Waals surface area contributed by atoms with E-state index in [0.29, 0.717) is 31.1 Å². The van der Waals surface area contributed by atoms with Crippen LogP contribution in [0, 0.1) is 11.8 Å². The number of nitrogens with one attached hydrogen (secondary N) is 3. The lowest BCUT2D eigenvalue weighted by molar-refractivity contribution is -0.138. The summed E-state index contributed by atoms with van der Waals surface area (Å²) in [6.07, 6.45) is 4.05. The number of nitrogens with zero attached hydrogens (tertiary/aromatic N) is 2. The van der Waals surface area contributed by atoms with Gasteiger partial charge in [0.15, 0.2) is 0 Å². The predicted octanol–water partition coefficient (Wildman–Crippen LogP) is 2.57. The van der Waals surface area contributed by atoms with E-state index in [2.05, 4.69) is 34.7 Å². The molecule has 1 fully saturated rings. The molecular weight excluding hydrogens is 522 g/mol. The molecule has 0 radical (unpaired) electrons. The molecule has 2 aliphatic rings. The molecule has 2 aliphatic heterocycles. The highest BCUT2D eigenvalue weighted by molar-refractivity contribution is 6.01. The topological polar surface area (TPSA) is 120 Å². The fourth-order valence-electron chi connectivity index (χ4n) is 5.49. The van der Waals surface area contributed by atoms with Crippen LogP contribution < -0.4 is 20.7 Å². The zero-order valence-corrected chi connectivity index (χ0v) is 25.4. The number of carbonyl (C=O) groups is 4. The minimum atomic E-state index is -1.11. The van der Waals surface area contributed by atoms with Crippen LogP contribution in [0.3, 0.4) is 0 Å². The normalized spacial score (nSPS) is 23.0. The van der Waals surface area contributed by atoms with Crippen LogP contribution in [0.5, 0.6) is 5.75 Å². The molecule has 10 heteroatoms. The van der Waals surface area contributed by atoms with E-state index in [-0.39, 0.29) is 36.5 Å². The van der Waals surface area contributed by atoms with Gasteiger partial charge in [-0.15, -0.1) is 0 Å². The largest absolute Gasteiger partial charge is 0.491 e. The molecule has 2 heterocycles. The number of ether oxygens (including phenoxy) is 1. The third-order valence-corrected chi connectivity index (χ3v) is 7.70. The Labute approximate surface area is 244 Å². The molecular formula is C31H49N5O5. The summed E-state index contributed by atoms with van der Waals surface area (Å²) in [5.41, 5.74) is 0.270. The first-order valence-electron chi connectivity index (χ1n) is 15.1. The minimum absolute atomic E-state index is 0.151. The maximum atomic E-state index is 13.7. The number of rotatable bonds is 9. The van der Waals surface area contributed by atoms with Crippen molar-refractivity contribution in [3.8, 4) is 5.75 Å². The molecule has 1 aromatic rings. The number of hydrogen-bond acceptors (Lipinski definition) is 6. The number of fused-ring (bicyclic) bond motifs is 1. The van der Waals surface area contributed by atoms with Gasteiger partial charge in [-0.2, -0.15) is 0 Å². The summed E-state index contributed by atoms with van der Waals surface area (Å²) in [5.74, 6) is -0.769. The first-order valence-corrected chi connectivity index (χ1v) is 15.1. The second kappa shape index (κ2) is 15.7. The van der Waals surface area contributed by atoms with Gasteiger partial charge in [-0.05, 0) is 75.7 Å². The van der Waals surface area contributed by atoms with Crippen LogP contribution in [0.4, 0.5) is 0 Å². The van der Waals surface area contributed by atoms with Crippen molar-refractivity contribution in [2.24, 2.45) is 11.8 Å². The van der Waals surface area contributed by atoms with E-state index < -0.39 is 29.8 Å². The van der Waals surface area contributed by atoms with E-state index in [4.69, 9.17) is 4.74 Å². The number of carbonyl (C=O) groups excluding carboxylic acids is 4. The van der Waals surface area contributed by atoms with Crippen molar-refractivity contribution in [1.29, 1.82) is 0 Å². The highest BCUT2D eigenvalue weighted by atomic mass is 16.5. The molecule has 41 heavy (non-hydrogen) atoms. The van der Waals surface area contributed by atoms with Crippen LogP contribution in [0.2, 0.25) is 0 Å². The lowest BCUT2D eigenvalue weighted by Crippen LogP contribution is -2.54. The van der Waals surface area contributed by atoms with Crippen molar-refractivity contribution in [2.45, 2.75) is 84.3 Å². The molecule has 3 N–H and O–H groups in total. The van der Waals surface area contributed by atoms with Crippen LogP contribution in [0.1, 0.15) is 76.6 Å². The lowest BCUT2D eigenvalue weighted by Gasteiger charge is -2.33. The van der Waals surface area contributed by atoms with Gasteiger partial charge in [0, 0.05) is 13.6 Å². The summed E-state index contributed by atoms with van der Waals surface area (Å²) in [4.78, 5) is 57.6. The Hall–Kier alpha value is -3.14. The van der Waals surface area contributed by atoms with Crippen molar-refractivity contribution in [2.75, 3.05) is 39.8 Å². The van der Waals surface area contributed by atoms with Crippen LogP contribution in [-0.4, -0.2) is 91.4 Å². The predicted molar refractivity (Wildman–Crippen MR) is 159 cm³/mol. The maximum Gasteiger partial charge on any atom is 0.255 e. The molecule has 4 amide bonds. The van der Waals surface area contributed by atoms with Gasteiger partial charge in [0.2, 0.25) is 17.7 Å². The average molecular weight is 572 g/mol. The molecule has 10 nitrogen and oxygen atoms in total. The summed E-state index contributed by atoms with van der Waals surface area (Å²) < 4.78 is 6.15. The van der Waals surface area contributed by atoms with Crippen molar-refractivity contribution >= 4 is 23.6 Å². The Bertz CT molecular complexity index is 1040. The molecule has 0 unspecified atom stereocenters. The molecule has 0 saturated carbocycles. The summed E-state index contributed by atoms with van der Waals surface area (Å²) in [7, 11) is 1.74. The first-order chi connectivity index (χ1) is 19.5. The molecule has 1 aromatic carbocycles. The highest BCUT2D eigenvalue weighted by Gasteiger charge is 2.33. The molecule has 1 saturated heterocycles. The van der Waals surface area contributed by atoms with Crippen molar-refractivity contribution in [3.05, 3.63) is 29.8 Å². The SMILES string of the molecule is CC(C)C[C@H]1COc2ccccc2C(=O)N[C@H](C(=O)NCCCN2CCCC2)CC(=O)N[C@H](CC(C)C)C(=O)N1C. The molecule has 0 bridgehead atoms. The fourth-order valence-corrected chi connectivity index (χ4v) is 5.49. The lowest BCUT2D eigenvalue weighted by atomic mass is 9.99. The Morgan fingerprint density at radius 2 is 1.71 bits per heavy atom. The maximum absolute atomic E-state index is 13.7. The molecule has 0 spiro atoms. The van der Waals surface area contributed by atoms with Gasteiger partial charge in [0.25, 0.3) is 5.91 Å². The Morgan fingerprint density at radius 1 is 1.02 bits per heavy atom. The Morgan fingerprint density at radius 3 is 2.39 bits per heavy atom. The molecule has 3 atom stereocenters. The molecule has 228 valence electrons. The highest BCUT2D eigenvalue weighted by Crippen LogP contribution is 2.22. The van der Waals surface area contributed by atoms with E-state index in [1.807, 2.05) is 13.8 Å². The van der Waals surface area contributed by atoms with E-state index in [9.17, 15) is 19.2 Å². The monoisotopic (exact) mass is 571 g/mol. The van der Waals surface area contributed by atoms with Gasteiger partial charge in [-0.3, -0.25) is 19.2 Å².